The molecule has 2 aromatic rings. The second kappa shape index (κ2) is 9.15. The van der Waals surface area contributed by atoms with E-state index in [1.807, 2.05) is 0 Å². The summed E-state index contributed by atoms with van der Waals surface area (Å²) in [4.78, 5) is 14.1. The van der Waals surface area contributed by atoms with Crippen molar-refractivity contribution in [2.45, 2.75) is 30.0 Å². The minimum absolute atomic E-state index is 0.197. The zero-order chi connectivity index (χ0) is 21.0. The molecule has 1 aliphatic rings. The van der Waals surface area contributed by atoms with Gasteiger partial charge in [-0.1, -0.05) is 11.6 Å². The molecule has 2 unspecified atom stereocenters. The quantitative estimate of drug-likeness (QED) is 0.632. The maximum atomic E-state index is 13.2. The number of halogens is 1. The van der Waals surface area contributed by atoms with E-state index in [4.69, 9.17) is 21.1 Å². The maximum Gasteiger partial charge on any atom is 0.309 e. The monoisotopic (exact) mass is 437 g/mol. The van der Waals surface area contributed by atoms with Crippen LogP contribution in [0, 0.1) is 5.92 Å². The van der Waals surface area contributed by atoms with Crippen LogP contribution in [-0.4, -0.2) is 44.9 Å². The molecule has 1 fully saturated rings. The number of rotatable bonds is 6. The lowest BCUT2D eigenvalue weighted by atomic mass is 9.97. The van der Waals surface area contributed by atoms with Crippen molar-refractivity contribution in [3.05, 3.63) is 53.6 Å². The second-order valence-electron chi connectivity index (χ2n) is 6.98. The summed E-state index contributed by atoms with van der Waals surface area (Å²) in [6.07, 6.45) is 0.815. The van der Waals surface area contributed by atoms with Gasteiger partial charge in [0.1, 0.15) is 16.9 Å². The van der Waals surface area contributed by atoms with Crippen molar-refractivity contribution in [1.29, 1.82) is 0 Å². The molecule has 29 heavy (non-hydrogen) atoms. The lowest BCUT2D eigenvalue weighted by Crippen LogP contribution is -2.46. The second-order valence-corrected chi connectivity index (χ2v) is 9.52. The van der Waals surface area contributed by atoms with Crippen LogP contribution in [0.1, 0.15) is 19.8 Å². The van der Waals surface area contributed by atoms with Gasteiger partial charge in [-0.3, -0.25) is 9.69 Å². The van der Waals surface area contributed by atoms with Gasteiger partial charge in [0.05, 0.1) is 17.4 Å². The molecule has 0 aliphatic carbocycles. The molecule has 1 heterocycles. The van der Waals surface area contributed by atoms with Crippen molar-refractivity contribution in [3.63, 3.8) is 0 Å². The fourth-order valence-electron chi connectivity index (χ4n) is 3.38. The Morgan fingerprint density at radius 1 is 1.10 bits per heavy atom. The van der Waals surface area contributed by atoms with Crippen LogP contribution >= 0.6 is 11.6 Å². The molecule has 0 saturated carbocycles. The van der Waals surface area contributed by atoms with Crippen LogP contribution in [0.3, 0.4) is 0 Å². The van der Waals surface area contributed by atoms with E-state index < -0.39 is 21.1 Å². The van der Waals surface area contributed by atoms with Gasteiger partial charge in [-0.15, -0.1) is 0 Å². The minimum atomic E-state index is -3.64. The SMILES string of the molecule is CCOC(=O)C1CCN(C)C(S(=O)(=O)c2ccc(Oc3ccc(Cl)cc3)cc2)C1. The van der Waals surface area contributed by atoms with Gasteiger partial charge in [0.2, 0.25) is 0 Å². The number of carbonyl (C=O) groups excluding carboxylic acids is 1. The Hall–Kier alpha value is -2.09. The van der Waals surface area contributed by atoms with Crippen molar-refractivity contribution in [1.82, 2.24) is 4.90 Å². The zero-order valence-corrected chi connectivity index (χ0v) is 17.9. The average molecular weight is 438 g/mol. The van der Waals surface area contributed by atoms with Crippen LogP contribution in [0.5, 0.6) is 11.5 Å². The lowest BCUT2D eigenvalue weighted by Gasteiger charge is -2.35. The first kappa shape index (κ1) is 21.6. The normalized spacial score (nSPS) is 20.2. The molecule has 0 aromatic heterocycles. The molecule has 0 bridgehead atoms. The topological polar surface area (TPSA) is 72.9 Å². The maximum absolute atomic E-state index is 13.2. The van der Waals surface area contributed by atoms with Crippen LogP contribution in [0.2, 0.25) is 5.02 Å². The summed E-state index contributed by atoms with van der Waals surface area (Å²) >= 11 is 5.86. The molecule has 3 rings (SSSR count). The fraction of sp³-hybridized carbons (Fsp3) is 0.381. The summed E-state index contributed by atoms with van der Waals surface area (Å²) in [6.45, 7) is 2.55. The Bertz CT molecular complexity index is 944. The predicted octanol–water partition coefficient (Wildman–Crippen LogP) is 4.14. The predicted molar refractivity (Wildman–Crippen MR) is 111 cm³/mol. The van der Waals surface area contributed by atoms with Gasteiger partial charge >= 0.3 is 5.97 Å². The Kier molecular flexibility index (Phi) is 6.82. The summed E-state index contributed by atoms with van der Waals surface area (Å²) in [7, 11) is -1.88. The Labute approximate surface area is 176 Å². The largest absolute Gasteiger partial charge is 0.466 e. The van der Waals surface area contributed by atoms with Crippen molar-refractivity contribution >= 4 is 27.4 Å². The Balaban J connectivity index is 1.75. The summed E-state index contributed by atoms with van der Waals surface area (Å²) in [5.41, 5.74) is 0. The number of carbonyl (C=O) groups is 1. The summed E-state index contributed by atoms with van der Waals surface area (Å²) in [5, 5.41) is -0.162. The van der Waals surface area contributed by atoms with E-state index in [1.54, 1.807) is 55.3 Å². The van der Waals surface area contributed by atoms with Crippen LogP contribution in [0.15, 0.2) is 53.4 Å². The number of piperidine rings is 1. The molecule has 0 radical (unpaired) electrons. The van der Waals surface area contributed by atoms with E-state index in [9.17, 15) is 13.2 Å². The average Bonchev–Trinajstić information content (AvgIpc) is 2.70. The van der Waals surface area contributed by atoms with E-state index in [0.717, 1.165) is 0 Å². The van der Waals surface area contributed by atoms with Gasteiger partial charge in [-0.05, 0) is 81.9 Å². The van der Waals surface area contributed by atoms with Gasteiger partial charge in [0.15, 0.2) is 9.84 Å². The Morgan fingerprint density at radius 3 is 2.28 bits per heavy atom. The van der Waals surface area contributed by atoms with Crippen molar-refractivity contribution in [2.24, 2.45) is 5.92 Å². The van der Waals surface area contributed by atoms with Crippen LogP contribution in [-0.2, 0) is 19.4 Å². The molecule has 156 valence electrons. The molecule has 2 aromatic carbocycles. The van der Waals surface area contributed by atoms with Gasteiger partial charge in [0.25, 0.3) is 0 Å². The first-order valence-corrected chi connectivity index (χ1v) is 11.4. The van der Waals surface area contributed by atoms with Crippen LogP contribution in [0.25, 0.3) is 0 Å². The molecule has 1 saturated heterocycles. The van der Waals surface area contributed by atoms with Crippen molar-refractivity contribution in [2.75, 3.05) is 20.2 Å². The first-order chi connectivity index (χ1) is 13.8. The van der Waals surface area contributed by atoms with Gasteiger partial charge in [-0.25, -0.2) is 8.42 Å². The highest BCUT2D eigenvalue weighted by Gasteiger charge is 2.39. The number of benzene rings is 2. The van der Waals surface area contributed by atoms with Crippen molar-refractivity contribution in [3.8, 4) is 11.5 Å². The van der Waals surface area contributed by atoms with Gasteiger partial charge in [-0.2, -0.15) is 0 Å². The highest BCUT2D eigenvalue weighted by Crippen LogP contribution is 2.31. The van der Waals surface area contributed by atoms with Crippen LogP contribution < -0.4 is 4.74 Å². The standard InChI is InChI=1S/C21H24ClNO5S/c1-3-27-21(24)15-12-13-23(2)20(14-15)29(25,26)19-10-8-18(9-11-19)28-17-6-4-16(22)5-7-17/h4-11,15,20H,3,12-14H2,1-2H3. The number of sulfone groups is 1. The van der Waals surface area contributed by atoms with E-state index in [1.165, 1.54) is 12.1 Å². The smallest absolute Gasteiger partial charge is 0.309 e. The first-order valence-electron chi connectivity index (χ1n) is 9.45. The van der Waals surface area contributed by atoms with Crippen LogP contribution in [0.4, 0.5) is 0 Å². The molecule has 6 nitrogen and oxygen atoms in total. The van der Waals surface area contributed by atoms with Gasteiger partial charge in [0, 0.05) is 5.02 Å². The molecule has 0 spiro atoms. The number of ether oxygens (including phenoxy) is 2. The van der Waals surface area contributed by atoms with E-state index in [2.05, 4.69) is 0 Å². The fourth-order valence-corrected chi connectivity index (χ4v) is 5.40. The Morgan fingerprint density at radius 2 is 1.69 bits per heavy atom. The van der Waals surface area contributed by atoms with E-state index in [-0.39, 0.29) is 23.9 Å². The highest BCUT2D eigenvalue weighted by molar-refractivity contribution is 7.92. The number of esters is 1. The molecule has 8 heteroatoms. The lowest BCUT2D eigenvalue weighted by molar-refractivity contribution is -0.149. The van der Waals surface area contributed by atoms with E-state index >= 15 is 0 Å². The molecular formula is C21H24ClNO5S. The zero-order valence-electron chi connectivity index (χ0n) is 16.4. The third-order valence-electron chi connectivity index (χ3n) is 4.99. The number of likely N-dealkylation sites (tertiary alicyclic amines) is 1. The number of hydrogen-bond donors (Lipinski definition) is 0. The number of nitrogens with zero attached hydrogens (tertiary/aromatic N) is 1. The molecule has 0 N–H and O–H groups in total. The van der Waals surface area contributed by atoms with Crippen molar-refractivity contribution < 1.29 is 22.7 Å². The summed E-state index contributed by atoms with van der Waals surface area (Å²) < 4.78 is 37.2. The highest BCUT2D eigenvalue weighted by atomic mass is 35.5. The third-order valence-corrected chi connectivity index (χ3v) is 7.44. The summed E-state index contributed by atoms with van der Waals surface area (Å²) in [6, 6.07) is 13.2. The minimum Gasteiger partial charge on any atom is -0.466 e. The number of hydrogen-bond acceptors (Lipinski definition) is 6. The molecule has 2 atom stereocenters. The van der Waals surface area contributed by atoms with Gasteiger partial charge < -0.3 is 9.47 Å². The molecular weight excluding hydrogens is 414 g/mol. The molecule has 0 amide bonds. The van der Waals surface area contributed by atoms with E-state index in [0.29, 0.717) is 29.5 Å². The summed E-state index contributed by atoms with van der Waals surface area (Å²) in [5.74, 6) is 0.396. The molecule has 1 aliphatic heterocycles. The third kappa shape index (κ3) is 5.10.